The van der Waals surface area contributed by atoms with Gasteiger partial charge in [-0.05, 0) is 55.2 Å². The van der Waals surface area contributed by atoms with E-state index in [1.165, 1.54) is 0 Å². The molecule has 4 aliphatic heterocycles. The van der Waals surface area contributed by atoms with Crippen LogP contribution in [0, 0.1) is 11.8 Å². The van der Waals surface area contributed by atoms with Gasteiger partial charge in [-0.15, -0.1) is 10.2 Å². The first-order valence-corrected chi connectivity index (χ1v) is 10.7. The zero-order chi connectivity index (χ0) is 22.8. The molecule has 3 fully saturated rings. The normalized spacial score (nSPS) is 23.1. The van der Waals surface area contributed by atoms with Gasteiger partial charge in [0.25, 0.3) is 0 Å². The zero-order valence-corrected chi connectivity index (χ0v) is 18.1. The second kappa shape index (κ2) is 8.56. The molecular formula is C24H22N4O5. The number of anilines is 1. The van der Waals surface area contributed by atoms with Crippen LogP contribution in [0.5, 0.6) is 5.75 Å². The Labute approximate surface area is 190 Å². The van der Waals surface area contributed by atoms with Crippen molar-refractivity contribution in [2.45, 2.75) is 24.8 Å². The van der Waals surface area contributed by atoms with Gasteiger partial charge < -0.3 is 19.1 Å². The second-order valence-corrected chi connectivity index (χ2v) is 7.99. The van der Waals surface area contributed by atoms with Gasteiger partial charge in [-0.2, -0.15) is 0 Å². The molecule has 33 heavy (non-hydrogen) atoms. The van der Waals surface area contributed by atoms with Crippen molar-refractivity contribution < 1.29 is 23.8 Å². The molecule has 0 amide bonds. The summed E-state index contributed by atoms with van der Waals surface area (Å²) in [6, 6.07) is 11.3. The van der Waals surface area contributed by atoms with Crippen molar-refractivity contribution in [3.63, 3.8) is 0 Å². The summed E-state index contributed by atoms with van der Waals surface area (Å²) in [4.78, 5) is 28.2. The van der Waals surface area contributed by atoms with E-state index in [0.717, 1.165) is 36.3 Å². The van der Waals surface area contributed by atoms with Crippen molar-refractivity contribution in [2.75, 3.05) is 31.6 Å². The van der Waals surface area contributed by atoms with Gasteiger partial charge in [0.15, 0.2) is 5.82 Å². The number of ether oxygens (including phenoxy) is 3. The number of hydrogen-bond acceptors (Lipinski definition) is 9. The highest BCUT2D eigenvalue weighted by atomic mass is 16.8. The molecular weight excluding hydrogens is 424 g/mol. The molecule has 2 aromatic rings. The lowest BCUT2D eigenvalue weighted by molar-refractivity contribution is -0.274. The fraction of sp³-hybridized carbons (Fsp3) is 0.333. The molecule has 1 aromatic heterocycles. The highest BCUT2D eigenvalue weighted by Crippen LogP contribution is 2.36. The second-order valence-electron chi connectivity index (χ2n) is 7.99. The number of methoxy groups -OCH3 is 1. The third-order valence-electron chi connectivity index (χ3n) is 6.00. The standard InChI is InChI=1S/C24H22N4O5/c1-31-20-7-3-17(4-8-20)2-5-18-6-9-21(26-25-18)28-16-24(27-14-12-19(28)13-15-27)32-22(29)10-11-23(30)33-24/h3-4,6-11,19H,12-16H2,1H3. The molecule has 3 saturated heterocycles. The molecule has 0 aliphatic carbocycles. The molecule has 4 aliphatic rings. The molecule has 0 saturated carbocycles. The van der Waals surface area contributed by atoms with E-state index < -0.39 is 17.8 Å². The SMILES string of the molecule is COc1ccc(C#Cc2ccc(N3CC4(OC(=O)C=CC(=O)O4)N4CCC3CC4)nn2)cc1. The average molecular weight is 446 g/mol. The minimum atomic E-state index is -1.49. The van der Waals surface area contributed by atoms with Crippen molar-refractivity contribution in [3.8, 4) is 17.6 Å². The van der Waals surface area contributed by atoms with Gasteiger partial charge in [0, 0.05) is 36.8 Å². The Bertz CT molecular complexity index is 1120. The van der Waals surface area contributed by atoms with Crippen LogP contribution in [0.15, 0.2) is 48.6 Å². The van der Waals surface area contributed by atoms with Crippen molar-refractivity contribution in [1.29, 1.82) is 0 Å². The fourth-order valence-electron chi connectivity index (χ4n) is 4.32. The number of aromatic nitrogens is 2. The summed E-state index contributed by atoms with van der Waals surface area (Å²) in [7, 11) is 1.62. The minimum Gasteiger partial charge on any atom is -0.497 e. The number of piperidine rings is 1. The number of carbonyl (C=O) groups excluding carboxylic acids is 2. The van der Waals surface area contributed by atoms with Gasteiger partial charge in [0.1, 0.15) is 18.0 Å². The number of benzene rings is 1. The Balaban J connectivity index is 1.39. The quantitative estimate of drug-likeness (QED) is 0.502. The van der Waals surface area contributed by atoms with E-state index in [0.29, 0.717) is 24.6 Å². The van der Waals surface area contributed by atoms with Gasteiger partial charge in [-0.1, -0.05) is 5.92 Å². The first-order chi connectivity index (χ1) is 16.0. The maximum Gasteiger partial charge on any atom is 0.339 e. The van der Waals surface area contributed by atoms with Crippen LogP contribution >= 0.6 is 0 Å². The van der Waals surface area contributed by atoms with E-state index in [9.17, 15) is 9.59 Å². The molecule has 1 aromatic carbocycles. The van der Waals surface area contributed by atoms with E-state index in [1.807, 2.05) is 40.1 Å². The Hall–Kier alpha value is -3.90. The van der Waals surface area contributed by atoms with Gasteiger partial charge in [0.05, 0.1) is 7.11 Å². The van der Waals surface area contributed by atoms with E-state index in [4.69, 9.17) is 14.2 Å². The third kappa shape index (κ3) is 4.25. The zero-order valence-electron chi connectivity index (χ0n) is 18.1. The van der Waals surface area contributed by atoms with E-state index in [2.05, 4.69) is 22.0 Å². The van der Waals surface area contributed by atoms with Crippen LogP contribution in [0.2, 0.25) is 0 Å². The molecule has 9 heteroatoms. The van der Waals surface area contributed by atoms with Crippen LogP contribution in [0.1, 0.15) is 24.1 Å². The Kier molecular flexibility index (Phi) is 5.44. The molecule has 6 rings (SSSR count). The fourth-order valence-corrected chi connectivity index (χ4v) is 4.32. The van der Waals surface area contributed by atoms with Crippen molar-refractivity contribution in [1.82, 2.24) is 15.1 Å². The van der Waals surface area contributed by atoms with E-state index in [-0.39, 0.29) is 12.6 Å². The Morgan fingerprint density at radius 3 is 2.27 bits per heavy atom. The lowest BCUT2D eigenvalue weighted by Crippen LogP contribution is -2.58. The summed E-state index contributed by atoms with van der Waals surface area (Å²) in [5.41, 5.74) is 1.37. The average Bonchev–Trinajstić information content (AvgIpc) is 3.16. The molecule has 0 radical (unpaired) electrons. The first-order valence-electron chi connectivity index (χ1n) is 10.7. The third-order valence-corrected chi connectivity index (χ3v) is 6.00. The Morgan fingerprint density at radius 2 is 1.67 bits per heavy atom. The highest BCUT2D eigenvalue weighted by Gasteiger charge is 2.52. The number of esters is 2. The largest absolute Gasteiger partial charge is 0.497 e. The summed E-state index contributed by atoms with van der Waals surface area (Å²) in [5.74, 6) is 4.75. The summed E-state index contributed by atoms with van der Waals surface area (Å²) < 4.78 is 16.4. The maximum absolute atomic E-state index is 12.2. The van der Waals surface area contributed by atoms with Crippen LogP contribution in [0.25, 0.3) is 0 Å². The molecule has 1 spiro atoms. The minimum absolute atomic E-state index is 0.155. The monoisotopic (exact) mass is 446 g/mol. The number of hydrogen-bond donors (Lipinski definition) is 0. The van der Waals surface area contributed by atoms with E-state index >= 15 is 0 Å². The molecule has 5 heterocycles. The number of rotatable bonds is 2. The molecule has 9 nitrogen and oxygen atoms in total. The maximum atomic E-state index is 12.2. The van der Waals surface area contributed by atoms with E-state index in [1.54, 1.807) is 13.2 Å². The highest BCUT2D eigenvalue weighted by molar-refractivity contribution is 5.93. The molecule has 168 valence electrons. The van der Waals surface area contributed by atoms with Gasteiger partial charge in [-0.3, -0.25) is 0 Å². The number of nitrogens with zero attached hydrogens (tertiary/aromatic N) is 4. The first kappa shape index (κ1) is 21.0. The molecule has 0 unspecified atom stereocenters. The van der Waals surface area contributed by atoms with Crippen LogP contribution in [-0.4, -0.2) is 65.7 Å². The lowest BCUT2D eigenvalue weighted by Gasteiger charge is -2.39. The molecule has 2 bridgehead atoms. The van der Waals surface area contributed by atoms with Crippen LogP contribution in [0.4, 0.5) is 5.82 Å². The van der Waals surface area contributed by atoms with Crippen molar-refractivity contribution in [3.05, 3.63) is 59.8 Å². The van der Waals surface area contributed by atoms with Gasteiger partial charge in [-0.25, -0.2) is 14.5 Å². The number of carbonyl (C=O) groups is 2. The summed E-state index contributed by atoms with van der Waals surface area (Å²) >= 11 is 0. The summed E-state index contributed by atoms with van der Waals surface area (Å²) in [5, 5.41) is 8.64. The topological polar surface area (TPSA) is 94.1 Å². The summed E-state index contributed by atoms with van der Waals surface area (Å²) in [6.07, 6.45) is 3.84. The molecule has 0 N–H and O–H groups in total. The van der Waals surface area contributed by atoms with Crippen LogP contribution < -0.4 is 9.64 Å². The smallest absolute Gasteiger partial charge is 0.339 e. The van der Waals surface area contributed by atoms with Gasteiger partial charge in [0.2, 0.25) is 0 Å². The molecule has 0 atom stereocenters. The van der Waals surface area contributed by atoms with Crippen LogP contribution in [0.3, 0.4) is 0 Å². The predicted molar refractivity (Wildman–Crippen MR) is 117 cm³/mol. The van der Waals surface area contributed by atoms with Crippen LogP contribution in [-0.2, 0) is 19.1 Å². The predicted octanol–water partition coefficient (Wildman–Crippen LogP) is 1.48. The Morgan fingerprint density at radius 1 is 0.970 bits per heavy atom. The van der Waals surface area contributed by atoms with Gasteiger partial charge >= 0.3 is 17.8 Å². The summed E-state index contributed by atoms with van der Waals surface area (Å²) in [6.45, 7) is 1.43. The van der Waals surface area contributed by atoms with Crippen molar-refractivity contribution in [2.24, 2.45) is 0 Å². The lowest BCUT2D eigenvalue weighted by atomic mass is 10.1. The number of fused-ring (bicyclic) bond motifs is 3. The van der Waals surface area contributed by atoms with Crippen molar-refractivity contribution >= 4 is 17.8 Å².